The van der Waals surface area contributed by atoms with Crippen molar-refractivity contribution in [3.05, 3.63) is 54.4 Å². The first-order valence-electron chi connectivity index (χ1n) is 6.74. The number of ether oxygens (including phenoxy) is 1. The fourth-order valence-electron chi connectivity index (χ4n) is 2.08. The van der Waals surface area contributed by atoms with E-state index in [2.05, 4.69) is 5.32 Å². The van der Waals surface area contributed by atoms with E-state index in [1.54, 1.807) is 18.2 Å². The van der Waals surface area contributed by atoms with Gasteiger partial charge in [0, 0.05) is 30.8 Å². The molecule has 1 aromatic carbocycles. The zero-order valence-corrected chi connectivity index (χ0v) is 12.4. The first-order valence-corrected chi connectivity index (χ1v) is 6.74. The van der Waals surface area contributed by atoms with Gasteiger partial charge in [-0.3, -0.25) is 4.79 Å². The number of aromatic nitrogens is 1. The summed E-state index contributed by atoms with van der Waals surface area (Å²) in [6.07, 6.45) is 3.73. The molecule has 0 aliphatic rings. The first kappa shape index (κ1) is 15.8. The minimum atomic E-state index is -1.48. The SMILES string of the molecule is COCC(C)(NC(=O)c1cccc(-n2cccc2)c1)C(=O)O. The summed E-state index contributed by atoms with van der Waals surface area (Å²) in [5, 5.41) is 11.8. The fourth-order valence-corrected chi connectivity index (χ4v) is 2.08. The van der Waals surface area contributed by atoms with Crippen LogP contribution in [0.15, 0.2) is 48.8 Å². The summed E-state index contributed by atoms with van der Waals surface area (Å²) < 4.78 is 6.75. The molecule has 0 saturated carbocycles. The smallest absolute Gasteiger partial charge is 0.331 e. The molecule has 1 unspecified atom stereocenters. The highest BCUT2D eigenvalue weighted by Crippen LogP contribution is 2.13. The molecule has 0 aliphatic carbocycles. The van der Waals surface area contributed by atoms with Crippen molar-refractivity contribution >= 4 is 11.9 Å². The van der Waals surface area contributed by atoms with E-state index in [1.165, 1.54) is 14.0 Å². The van der Waals surface area contributed by atoms with Gasteiger partial charge in [0.05, 0.1) is 6.61 Å². The van der Waals surface area contributed by atoms with E-state index in [0.717, 1.165) is 5.69 Å². The second-order valence-electron chi connectivity index (χ2n) is 5.17. The minimum Gasteiger partial charge on any atom is -0.479 e. The summed E-state index contributed by atoms with van der Waals surface area (Å²) in [5.74, 6) is -1.61. The third-order valence-electron chi connectivity index (χ3n) is 3.31. The topological polar surface area (TPSA) is 80.6 Å². The largest absolute Gasteiger partial charge is 0.479 e. The van der Waals surface area contributed by atoms with Crippen molar-refractivity contribution in [3.63, 3.8) is 0 Å². The molecular weight excluding hydrogens is 284 g/mol. The van der Waals surface area contributed by atoms with Gasteiger partial charge in [-0.15, -0.1) is 0 Å². The van der Waals surface area contributed by atoms with E-state index in [0.29, 0.717) is 5.56 Å². The van der Waals surface area contributed by atoms with Crippen LogP contribution in [0.2, 0.25) is 0 Å². The monoisotopic (exact) mass is 302 g/mol. The van der Waals surface area contributed by atoms with Gasteiger partial charge in [-0.25, -0.2) is 4.79 Å². The molecule has 6 heteroatoms. The van der Waals surface area contributed by atoms with Crippen LogP contribution in [0.25, 0.3) is 5.69 Å². The van der Waals surface area contributed by atoms with Gasteiger partial charge in [0.1, 0.15) is 0 Å². The summed E-state index contributed by atoms with van der Waals surface area (Å²) in [6, 6.07) is 10.7. The summed E-state index contributed by atoms with van der Waals surface area (Å²) >= 11 is 0. The Labute approximate surface area is 128 Å². The Hall–Kier alpha value is -2.60. The van der Waals surface area contributed by atoms with E-state index in [-0.39, 0.29) is 6.61 Å². The Kier molecular flexibility index (Phi) is 4.62. The van der Waals surface area contributed by atoms with Crippen molar-refractivity contribution in [2.24, 2.45) is 0 Å². The molecule has 2 rings (SSSR count). The van der Waals surface area contributed by atoms with Gasteiger partial charge in [-0.2, -0.15) is 0 Å². The number of nitrogens with zero attached hydrogens (tertiary/aromatic N) is 1. The van der Waals surface area contributed by atoms with Crippen LogP contribution in [0, 0.1) is 0 Å². The van der Waals surface area contributed by atoms with E-state index in [1.807, 2.05) is 35.2 Å². The molecule has 2 N–H and O–H groups in total. The normalized spacial score (nSPS) is 13.4. The summed E-state index contributed by atoms with van der Waals surface area (Å²) in [5.41, 5.74) is -0.272. The molecule has 0 aliphatic heterocycles. The zero-order chi connectivity index (χ0) is 16.2. The van der Waals surface area contributed by atoms with Gasteiger partial charge >= 0.3 is 5.97 Å². The molecule has 1 heterocycles. The second-order valence-corrected chi connectivity index (χ2v) is 5.17. The predicted octanol–water partition coefficient (Wildman–Crippen LogP) is 1.70. The number of methoxy groups -OCH3 is 1. The molecule has 22 heavy (non-hydrogen) atoms. The number of aliphatic carboxylic acids is 1. The lowest BCUT2D eigenvalue weighted by atomic mass is 10.0. The molecule has 0 spiro atoms. The van der Waals surface area contributed by atoms with Crippen molar-refractivity contribution in [3.8, 4) is 5.69 Å². The number of hydrogen-bond donors (Lipinski definition) is 2. The lowest BCUT2D eigenvalue weighted by Crippen LogP contribution is -2.55. The highest BCUT2D eigenvalue weighted by molar-refractivity contribution is 5.98. The predicted molar refractivity (Wildman–Crippen MR) is 81.2 cm³/mol. The van der Waals surface area contributed by atoms with Crippen LogP contribution in [0.1, 0.15) is 17.3 Å². The lowest BCUT2D eigenvalue weighted by Gasteiger charge is -2.25. The van der Waals surface area contributed by atoms with Crippen molar-refractivity contribution in [1.29, 1.82) is 0 Å². The van der Waals surface area contributed by atoms with Gasteiger partial charge in [-0.1, -0.05) is 6.07 Å². The number of amides is 1. The fraction of sp³-hybridized carbons (Fsp3) is 0.250. The number of carboxylic acids is 1. The van der Waals surface area contributed by atoms with Crippen molar-refractivity contribution in [2.75, 3.05) is 13.7 Å². The van der Waals surface area contributed by atoms with Crippen LogP contribution in [0.3, 0.4) is 0 Å². The number of nitrogens with one attached hydrogen (secondary N) is 1. The number of rotatable bonds is 6. The Morgan fingerprint density at radius 3 is 2.55 bits per heavy atom. The number of carbonyl (C=O) groups excluding carboxylic acids is 1. The highest BCUT2D eigenvalue weighted by Gasteiger charge is 2.35. The Morgan fingerprint density at radius 1 is 1.27 bits per heavy atom. The molecular formula is C16H18N2O4. The number of benzene rings is 1. The van der Waals surface area contributed by atoms with E-state index in [9.17, 15) is 14.7 Å². The first-order chi connectivity index (χ1) is 10.5. The van der Waals surface area contributed by atoms with Crippen LogP contribution in [-0.2, 0) is 9.53 Å². The second kappa shape index (κ2) is 6.44. The molecule has 0 saturated heterocycles. The lowest BCUT2D eigenvalue weighted by molar-refractivity contribution is -0.145. The van der Waals surface area contributed by atoms with E-state index >= 15 is 0 Å². The highest BCUT2D eigenvalue weighted by atomic mass is 16.5. The molecule has 6 nitrogen and oxygen atoms in total. The maximum absolute atomic E-state index is 12.3. The molecule has 0 bridgehead atoms. The van der Waals surface area contributed by atoms with E-state index in [4.69, 9.17) is 4.74 Å². The average molecular weight is 302 g/mol. The molecule has 1 atom stereocenters. The summed E-state index contributed by atoms with van der Waals surface area (Å²) in [7, 11) is 1.39. The Bertz CT molecular complexity index is 667. The minimum absolute atomic E-state index is 0.120. The number of hydrogen-bond acceptors (Lipinski definition) is 3. The third-order valence-corrected chi connectivity index (χ3v) is 3.31. The maximum Gasteiger partial charge on any atom is 0.331 e. The Morgan fingerprint density at radius 2 is 1.95 bits per heavy atom. The molecule has 0 radical (unpaired) electrons. The summed E-state index contributed by atoms with van der Waals surface area (Å²) in [6.45, 7) is 1.29. The number of carboxylic acid groups (broad SMARTS) is 1. The van der Waals surface area contributed by atoms with Crippen molar-refractivity contribution in [1.82, 2.24) is 9.88 Å². The van der Waals surface area contributed by atoms with Crippen molar-refractivity contribution in [2.45, 2.75) is 12.5 Å². The zero-order valence-electron chi connectivity index (χ0n) is 12.4. The average Bonchev–Trinajstić information content (AvgIpc) is 3.01. The van der Waals surface area contributed by atoms with Crippen LogP contribution in [0.5, 0.6) is 0 Å². The molecule has 1 amide bonds. The van der Waals surface area contributed by atoms with Gasteiger partial charge < -0.3 is 19.7 Å². The van der Waals surface area contributed by atoms with Gasteiger partial charge in [0.2, 0.25) is 0 Å². The number of carbonyl (C=O) groups is 2. The standard InChI is InChI=1S/C16H18N2O4/c1-16(11-22-2,15(20)21)17-14(19)12-6-5-7-13(10-12)18-8-3-4-9-18/h3-10H,11H2,1-2H3,(H,17,19)(H,20,21). The molecule has 2 aromatic rings. The van der Waals surface area contributed by atoms with E-state index < -0.39 is 17.4 Å². The molecule has 1 aromatic heterocycles. The maximum atomic E-state index is 12.3. The van der Waals surface area contributed by atoms with Gasteiger partial charge in [0.25, 0.3) is 5.91 Å². The van der Waals surface area contributed by atoms with Crippen molar-refractivity contribution < 1.29 is 19.4 Å². The summed E-state index contributed by atoms with van der Waals surface area (Å²) in [4.78, 5) is 23.7. The Balaban J connectivity index is 2.23. The quantitative estimate of drug-likeness (QED) is 0.851. The van der Waals surface area contributed by atoms with Crippen LogP contribution >= 0.6 is 0 Å². The van der Waals surface area contributed by atoms with Crippen LogP contribution in [0.4, 0.5) is 0 Å². The van der Waals surface area contributed by atoms with Gasteiger partial charge in [-0.05, 0) is 37.3 Å². The molecule has 116 valence electrons. The third kappa shape index (κ3) is 3.35. The van der Waals surface area contributed by atoms with Crippen LogP contribution < -0.4 is 5.32 Å². The van der Waals surface area contributed by atoms with Gasteiger partial charge in [0.15, 0.2) is 5.54 Å². The molecule has 0 fully saturated rings. The van der Waals surface area contributed by atoms with Crippen LogP contribution in [-0.4, -0.2) is 40.8 Å².